The van der Waals surface area contributed by atoms with Crippen LogP contribution >= 0.6 is 11.6 Å². The molecule has 0 radical (unpaired) electrons. The summed E-state index contributed by atoms with van der Waals surface area (Å²) in [4.78, 5) is 27.3. The second-order valence-corrected chi connectivity index (χ2v) is 9.90. The summed E-state index contributed by atoms with van der Waals surface area (Å²) in [5.74, 6) is -0.880. The molecule has 2 heterocycles. The third-order valence-electron chi connectivity index (χ3n) is 5.41. The van der Waals surface area contributed by atoms with Crippen molar-refractivity contribution >= 4 is 39.3 Å². The maximum Gasteiger partial charge on any atom is 0.319 e. The Morgan fingerprint density at radius 3 is 2.39 bits per heavy atom. The number of piperazine rings is 1. The predicted octanol–water partition coefficient (Wildman–Crippen LogP) is 0.847. The molecule has 1 atom stereocenters. The number of carbonyl (C=O) groups is 2. The quantitative estimate of drug-likeness (QED) is 0.499. The van der Waals surface area contributed by atoms with Crippen LogP contribution in [0.15, 0.2) is 30.3 Å². The minimum Gasteiger partial charge on any atom is -0.331 e. The molecule has 0 aliphatic carbocycles. The second kappa shape index (κ2) is 9.53. The van der Waals surface area contributed by atoms with Crippen molar-refractivity contribution in [3.63, 3.8) is 0 Å². The summed E-state index contributed by atoms with van der Waals surface area (Å²) in [6.07, 6.45) is 2.36. The lowest BCUT2D eigenvalue weighted by molar-refractivity contribution is -0.134. The molecule has 170 valence electrons. The van der Waals surface area contributed by atoms with E-state index in [2.05, 4.69) is 0 Å². The highest BCUT2D eigenvalue weighted by Crippen LogP contribution is 2.27. The third kappa shape index (κ3) is 5.01. The van der Waals surface area contributed by atoms with E-state index >= 15 is 0 Å². The van der Waals surface area contributed by atoms with Crippen LogP contribution in [-0.2, 0) is 15.0 Å². The minimum absolute atomic E-state index is 0.0513. The van der Waals surface area contributed by atoms with E-state index in [4.69, 9.17) is 16.8 Å². The lowest BCUT2D eigenvalue weighted by atomic mass is 10.0. The fourth-order valence-electron chi connectivity index (χ4n) is 3.72. The Kier molecular flexibility index (Phi) is 7.22. The van der Waals surface area contributed by atoms with Gasteiger partial charge in [0.25, 0.3) is 16.1 Å². The molecule has 31 heavy (non-hydrogen) atoms. The highest BCUT2D eigenvalue weighted by Gasteiger charge is 2.43. The molecule has 10 nitrogen and oxygen atoms in total. The van der Waals surface area contributed by atoms with Crippen LogP contribution in [0.4, 0.5) is 4.79 Å². The lowest BCUT2D eigenvalue weighted by Gasteiger charge is -2.42. The molecule has 0 saturated carbocycles. The molecule has 1 fully saturated rings. The van der Waals surface area contributed by atoms with Gasteiger partial charge in [0.1, 0.15) is 6.04 Å². The Morgan fingerprint density at radius 1 is 1.16 bits per heavy atom. The van der Waals surface area contributed by atoms with E-state index in [1.54, 1.807) is 26.2 Å². The molecule has 1 saturated heterocycles. The number of nitrogens with zero attached hydrogens (tertiary/aromatic N) is 4. The standard InChI is InChI=1S/C19H26ClN5O5S/c1-22(2)19(27)23-11-12-25(17(13-23)18(26)21-28)31(29,30)24-9-7-15(8-10-24)14-3-5-16(20)6-4-14/h3-7,17,28H,8-13H2,1-2H3,(H,21,26)/t17-/m1/s1. The molecule has 1 aromatic rings. The summed E-state index contributed by atoms with van der Waals surface area (Å²) in [6.45, 7) is 0.351. The molecule has 0 spiro atoms. The summed E-state index contributed by atoms with van der Waals surface area (Å²) >= 11 is 5.93. The molecule has 2 N–H and O–H groups in total. The molecule has 0 unspecified atom stereocenters. The smallest absolute Gasteiger partial charge is 0.319 e. The van der Waals surface area contributed by atoms with Crippen LogP contribution in [0.5, 0.6) is 0 Å². The number of hydroxylamine groups is 1. The SMILES string of the molecule is CN(C)C(=O)N1CCN(S(=O)(=O)N2CC=C(c3ccc(Cl)cc3)CC2)[C@@H](C(=O)NO)C1. The van der Waals surface area contributed by atoms with Crippen LogP contribution in [0.3, 0.4) is 0 Å². The summed E-state index contributed by atoms with van der Waals surface area (Å²) < 4.78 is 29.0. The van der Waals surface area contributed by atoms with Gasteiger partial charge < -0.3 is 9.80 Å². The Hall–Kier alpha value is -2.18. The van der Waals surface area contributed by atoms with Crippen LogP contribution in [-0.4, -0.2) is 96.8 Å². The number of carbonyl (C=O) groups excluding carboxylic acids is 2. The van der Waals surface area contributed by atoms with Crippen molar-refractivity contribution < 1.29 is 23.2 Å². The second-order valence-electron chi connectivity index (χ2n) is 7.58. The zero-order valence-electron chi connectivity index (χ0n) is 17.4. The van der Waals surface area contributed by atoms with Gasteiger partial charge >= 0.3 is 6.03 Å². The fraction of sp³-hybridized carbons (Fsp3) is 0.474. The summed E-state index contributed by atoms with van der Waals surface area (Å²) in [5, 5.41) is 9.76. The van der Waals surface area contributed by atoms with Crippen LogP contribution < -0.4 is 5.48 Å². The number of nitrogens with one attached hydrogen (secondary N) is 1. The Bertz CT molecular complexity index is 966. The number of hydrogen-bond acceptors (Lipinski definition) is 5. The minimum atomic E-state index is -3.99. The Balaban J connectivity index is 1.77. The number of amides is 3. The van der Waals surface area contributed by atoms with Crippen molar-refractivity contribution in [3.05, 3.63) is 40.9 Å². The lowest BCUT2D eigenvalue weighted by Crippen LogP contribution is -2.64. The van der Waals surface area contributed by atoms with E-state index in [1.165, 1.54) is 19.6 Å². The van der Waals surface area contributed by atoms with Gasteiger partial charge in [-0.25, -0.2) is 10.3 Å². The molecular weight excluding hydrogens is 446 g/mol. The molecule has 3 rings (SSSR count). The Labute approximate surface area is 186 Å². The number of rotatable bonds is 4. The predicted molar refractivity (Wildman–Crippen MR) is 116 cm³/mol. The largest absolute Gasteiger partial charge is 0.331 e. The van der Waals surface area contributed by atoms with Gasteiger partial charge in [0.2, 0.25) is 0 Å². The molecule has 12 heteroatoms. The van der Waals surface area contributed by atoms with Crippen molar-refractivity contribution in [1.29, 1.82) is 0 Å². The van der Waals surface area contributed by atoms with Gasteiger partial charge in [-0.1, -0.05) is 29.8 Å². The van der Waals surface area contributed by atoms with Crippen LogP contribution in [0, 0.1) is 0 Å². The average molecular weight is 472 g/mol. The summed E-state index contributed by atoms with van der Waals surface area (Å²) in [7, 11) is -0.845. The third-order valence-corrected chi connectivity index (χ3v) is 7.67. The first-order chi connectivity index (χ1) is 14.6. The van der Waals surface area contributed by atoms with Gasteiger partial charge in [0.15, 0.2) is 0 Å². The van der Waals surface area contributed by atoms with Crippen molar-refractivity contribution in [2.45, 2.75) is 12.5 Å². The first-order valence-electron chi connectivity index (χ1n) is 9.77. The number of benzene rings is 1. The fourth-order valence-corrected chi connectivity index (χ4v) is 5.53. The topological polar surface area (TPSA) is 114 Å². The van der Waals surface area contributed by atoms with Gasteiger partial charge in [-0.2, -0.15) is 17.0 Å². The van der Waals surface area contributed by atoms with Crippen molar-refractivity contribution in [3.8, 4) is 0 Å². The van der Waals surface area contributed by atoms with Gasteiger partial charge in [-0.15, -0.1) is 0 Å². The van der Waals surface area contributed by atoms with Gasteiger partial charge in [-0.3, -0.25) is 10.0 Å². The number of halogens is 1. The van der Waals surface area contributed by atoms with Gasteiger partial charge in [-0.05, 0) is 29.7 Å². The van der Waals surface area contributed by atoms with E-state index < -0.39 is 22.2 Å². The summed E-state index contributed by atoms with van der Waals surface area (Å²) in [5.41, 5.74) is 3.53. The first kappa shape index (κ1) is 23.5. The molecule has 0 bridgehead atoms. The molecular formula is C19H26ClN5O5S. The van der Waals surface area contributed by atoms with Crippen LogP contribution in [0.25, 0.3) is 5.57 Å². The van der Waals surface area contributed by atoms with Crippen molar-refractivity contribution in [1.82, 2.24) is 23.9 Å². The van der Waals surface area contributed by atoms with E-state index in [1.807, 2.05) is 18.2 Å². The summed E-state index contributed by atoms with van der Waals surface area (Å²) in [6, 6.07) is 5.79. The molecule has 2 aliphatic rings. The van der Waals surface area contributed by atoms with Crippen molar-refractivity contribution in [2.24, 2.45) is 0 Å². The normalized spacial score (nSPS) is 20.8. The zero-order chi connectivity index (χ0) is 22.8. The Morgan fingerprint density at radius 2 is 1.84 bits per heavy atom. The van der Waals surface area contributed by atoms with E-state index in [9.17, 15) is 18.0 Å². The highest BCUT2D eigenvalue weighted by atomic mass is 35.5. The molecule has 0 aromatic heterocycles. The van der Waals surface area contributed by atoms with Gasteiger partial charge in [0.05, 0.1) is 0 Å². The van der Waals surface area contributed by atoms with Crippen molar-refractivity contribution in [2.75, 3.05) is 46.8 Å². The number of hydrogen-bond donors (Lipinski definition) is 2. The van der Waals surface area contributed by atoms with Crippen LogP contribution in [0.2, 0.25) is 5.02 Å². The molecule has 1 aromatic carbocycles. The maximum atomic E-state index is 13.3. The maximum absolute atomic E-state index is 13.3. The highest BCUT2D eigenvalue weighted by molar-refractivity contribution is 7.86. The number of urea groups is 1. The first-order valence-corrected chi connectivity index (χ1v) is 11.5. The van der Waals surface area contributed by atoms with E-state index in [-0.39, 0.29) is 38.8 Å². The van der Waals surface area contributed by atoms with Crippen LogP contribution in [0.1, 0.15) is 12.0 Å². The molecule has 2 aliphatic heterocycles. The van der Waals surface area contributed by atoms with E-state index in [0.717, 1.165) is 15.4 Å². The average Bonchev–Trinajstić information content (AvgIpc) is 2.78. The monoisotopic (exact) mass is 471 g/mol. The van der Waals surface area contributed by atoms with E-state index in [0.29, 0.717) is 11.4 Å². The zero-order valence-corrected chi connectivity index (χ0v) is 18.9. The van der Waals surface area contributed by atoms with Gasteiger partial charge in [0, 0.05) is 51.8 Å². The molecule has 3 amide bonds.